The van der Waals surface area contributed by atoms with Gasteiger partial charge in [-0.25, -0.2) is 0 Å². The zero-order valence-corrected chi connectivity index (χ0v) is 24.2. The second-order valence-electron chi connectivity index (χ2n) is 10.8. The number of hydrogen-bond donors (Lipinski definition) is 1. The van der Waals surface area contributed by atoms with Gasteiger partial charge < -0.3 is 14.3 Å². The third kappa shape index (κ3) is 12.2. The van der Waals surface area contributed by atoms with E-state index in [0.717, 1.165) is 25.7 Å². The highest BCUT2D eigenvalue weighted by Crippen LogP contribution is 2.38. The van der Waals surface area contributed by atoms with E-state index in [-0.39, 0.29) is 28.9 Å². The minimum Gasteiger partial charge on any atom is -0.466 e. The van der Waals surface area contributed by atoms with Gasteiger partial charge in [-0.15, -0.1) is 0 Å². The molecule has 0 saturated carbocycles. The van der Waals surface area contributed by atoms with Crippen LogP contribution in [0.15, 0.2) is 60.8 Å². The molecule has 0 bridgehead atoms. The van der Waals surface area contributed by atoms with Crippen molar-refractivity contribution in [1.82, 2.24) is 0 Å². The van der Waals surface area contributed by atoms with Crippen molar-refractivity contribution in [3.8, 4) is 0 Å². The summed E-state index contributed by atoms with van der Waals surface area (Å²) in [7, 11) is -1.92. The van der Waals surface area contributed by atoms with Gasteiger partial charge in [-0.05, 0) is 57.2 Å². The van der Waals surface area contributed by atoms with E-state index in [4.69, 9.17) is 9.16 Å². The van der Waals surface area contributed by atoms with Crippen LogP contribution in [-0.2, 0) is 14.0 Å². The molecular formula is C30H50O4Si. The molecule has 1 N–H and O–H groups in total. The highest BCUT2D eigenvalue weighted by atomic mass is 28.4. The quantitative estimate of drug-likeness (QED) is 0.142. The predicted octanol–water partition coefficient (Wildman–Crippen LogP) is 7.69. The molecule has 4 nitrogen and oxygen atoms in total. The summed E-state index contributed by atoms with van der Waals surface area (Å²) in [6.07, 6.45) is 25.6. The third-order valence-corrected chi connectivity index (χ3v) is 11.4. The molecule has 0 aromatic heterocycles. The highest BCUT2D eigenvalue weighted by molar-refractivity contribution is 6.74. The number of aliphatic hydroxyl groups excluding tert-OH is 1. The van der Waals surface area contributed by atoms with Gasteiger partial charge >= 0.3 is 5.97 Å². The van der Waals surface area contributed by atoms with E-state index in [1.165, 1.54) is 0 Å². The molecule has 0 radical (unpaired) electrons. The first-order chi connectivity index (χ1) is 16.5. The normalized spacial score (nSPS) is 22.3. The summed E-state index contributed by atoms with van der Waals surface area (Å²) in [5.41, 5.74) is 0. The number of rotatable bonds is 15. The fourth-order valence-corrected chi connectivity index (χ4v) is 4.99. The van der Waals surface area contributed by atoms with Gasteiger partial charge in [0, 0.05) is 18.3 Å². The van der Waals surface area contributed by atoms with Crippen LogP contribution in [0.2, 0.25) is 18.1 Å². The molecule has 0 aromatic carbocycles. The van der Waals surface area contributed by atoms with Crippen LogP contribution in [-0.4, -0.2) is 38.2 Å². The molecule has 1 aliphatic rings. The molecule has 0 aromatic rings. The highest BCUT2D eigenvalue weighted by Gasteiger charge is 2.38. The van der Waals surface area contributed by atoms with E-state index in [1.807, 2.05) is 19.1 Å². The Bertz CT molecular complexity index is 755. The lowest BCUT2D eigenvalue weighted by molar-refractivity contribution is -0.143. The maximum atomic E-state index is 11.5. The first-order valence-electron chi connectivity index (χ1n) is 13.3. The Balaban J connectivity index is 2.81. The maximum Gasteiger partial charge on any atom is 0.306 e. The molecule has 0 saturated heterocycles. The number of aliphatic hydroxyl groups is 1. The van der Waals surface area contributed by atoms with E-state index < -0.39 is 14.4 Å². The monoisotopic (exact) mass is 502 g/mol. The Kier molecular flexibility index (Phi) is 14.4. The van der Waals surface area contributed by atoms with E-state index in [1.54, 1.807) is 0 Å². The molecule has 5 heteroatoms. The van der Waals surface area contributed by atoms with Gasteiger partial charge in [0.25, 0.3) is 0 Å². The standard InChI is InChI=1S/C30H50O4Si/c1-8-10-11-12-13-15-18-26(34-35(6,7)30(3,4)5)23-21-25-22-24-28(31)27(25)19-16-14-17-20-29(32)33-9-2/h10-11,13-16,21-28,31H,8-9,12,17-20H2,1-7H3/b11-10-,15-13-,16-14-,23-21+/t25-,26-,27-,28+/m0/s1. The summed E-state index contributed by atoms with van der Waals surface area (Å²) >= 11 is 0. The van der Waals surface area contributed by atoms with Crippen LogP contribution in [0.3, 0.4) is 0 Å². The van der Waals surface area contributed by atoms with Gasteiger partial charge in [-0.2, -0.15) is 0 Å². The number of esters is 1. The lowest BCUT2D eigenvalue weighted by Gasteiger charge is -2.38. The van der Waals surface area contributed by atoms with Gasteiger partial charge in [-0.3, -0.25) is 4.79 Å². The molecule has 1 rings (SSSR count). The van der Waals surface area contributed by atoms with Crippen LogP contribution in [0.25, 0.3) is 0 Å². The van der Waals surface area contributed by atoms with Crippen molar-refractivity contribution in [3.63, 3.8) is 0 Å². The van der Waals surface area contributed by atoms with Crippen LogP contribution in [0, 0.1) is 11.8 Å². The minimum atomic E-state index is -1.92. The molecule has 0 unspecified atom stereocenters. The molecule has 0 amide bonds. The van der Waals surface area contributed by atoms with Crippen LogP contribution in [0.4, 0.5) is 0 Å². The Morgan fingerprint density at radius 3 is 2.43 bits per heavy atom. The Labute approximate surface area is 216 Å². The number of carbonyl (C=O) groups excluding carboxylic acids is 1. The fourth-order valence-electron chi connectivity index (χ4n) is 3.71. The second kappa shape index (κ2) is 16.1. The summed E-state index contributed by atoms with van der Waals surface area (Å²) in [6, 6.07) is 0. The van der Waals surface area contributed by atoms with Crippen molar-refractivity contribution < 1.29 is 19.1 Å². The lowest BCUT2D eigenvalue weighted by Crippen LogP contribution is -2.43. The largest absolute Gasteiger partial charge is 0.466 e. The van der Waals surface area contributed by atoms with Crippen molar-refractivity contribution in [2.45, 2.75) is 103 Å². The molecule has 198 valence electrons. The van der Waals surface area contributed by atoms with E-state index >= 15 is 0 Å². The topological polar surface area (TPSA) is 55.8 Å². The van der Waals surface area contributed by atoms with E-state index in [2.05, 4.69) is 89.4 Å². The Morgan fingerprint density at radius 2 is 1.77 bits per heavy atom. The number of ether oxygens (including phenoxy) is 1. The van der Waals surface area contributed by atoms with Crippen molar-refractivity contribution in [2.75, 3.05) is 6.61 Å². The molecule has 0 spiro atoms. The van der Waals surface area contributed by atoms with E-state index in [0.29, 0.717) is 19.4 Å². The van der Waals surface area contributed by atoms with Gasteiger partial charge in [0.15, 0.2) is 8.32 Å². The minimum absolute atomic E-state index is 0.0224. The van der Waals surface area contributed by atoms with Crippen molar-refractivity contribution in [1.29, 1.82) is 0 Å². The number of hydrogen-bond acceptors (Lipinski definition) is 4. The van der Waals surface area contributed by atoms with Crippen LogP contribution in [0.5, 0.6) is 0 Å². The van der Waals surface area contributed by atoms with Crippen molar-refractivity contribution in [2.24, 2.45) is 11.8 Å². The average molecular weight is 503 g/mol. The maximum absolute atomic E-state index is 11.5. The lowest BCUT2D eigenvalue weighted by atomic mass is 9.89. The van der Waals surface area contributed by atoms with Crippen LogP contribution < -0.4 is 0 Å². The van der Waals surface area contributed by atoms with Crippen LogP contribution in [0.1, 0.15) is 73.1 Å². The van der Waals surface area contributed by atoms with Crippen molar-refractivity contribution >= 4 is 14.3 Å². The summed E-state index contributed by atoms with van der Waals surface area (Å²) in [5.74, 6) is 0.110. The number of carbonyl (C=O) groups is 1. The second-order valence-corrected chi connectivity index (χ2v) is 15.5. The first kappa shape index (κ1) is 31.3. The number of allylic oxidation sites excluding steroid dienone is 7. The molecule has 0 heterocycles. The summed E-state index contributed by atoms with van der Waals surface area (Å²) < 4.78 is 11.7. The molecule has 0 aliphatic heterocycles. The van der Waals surface area contributed by atoms with Gasteiger partial charge in [0.1, 0.15) is 0 Å². The zero-order chi connectivity index (χ0) is 26.3. The summed E-state index contributed by atoms with van der Waals surface area (Å²) in [5, 5.41) is 10.7. The van der Waals surface area contributed by atoms with Crippen molar-refractivity contribution in [3.05, 3.63) is 60.8 Å². The SMILES string of the molecule is CC/C=C\C/C=C\C[C@@H](/C=C/[C@H]1C=C[C@@H](O)[C@H]1C/C=C\CCC(=O)OCC)O[Si](C)(C)C(C)(C)C. The summed E-state index contributed by atoms with van der Waals surface area (Å²) in [4.78, 5) is 11.5. The van der Waals surface area contributed by atoms with Crippen LogP contribution >= 0.6 is 0 Å². The molecule has 0 fully saturated rings. The summed E-state index contributed by atoms with van der Waals surface area (Å²) in [6.45, 7) is 15.8. The van der Waals surface area contributed by atoms with Gasteiger partial charge in [0.2, 0.25) is 0 Å². The molecule has 4 atom stereocenters. The molecular weight excluding hydrogens is 452 g/mol. The molecule has 35 heavy (non-hydrogen) atoms. The Hall–Kier alpha value is -1.69. The van der Waals surface area contributed by atoms with Gasteiger partial charge in [0.05, 0.1) is 18.8 Å². The average Bonchev–Trinajstić information content (AvgIpc) is 3.12. The fraction of sp³-hybridized carbons (Fsp3) is 0.633. The first-order valence-corrected chi connectivity index (χ1v) is 16.3. The van der Waals surface area contributed by atoms with Gasteiger partial charge in [-0.1, -0.05) is 88.5 Å². The third-order valence-electron chi connectivity index (χ3n) is 6.87. The Morgan fingerprint density at radius 1 is 1.06 bits per heavy atom. The molecule has 1 aliphatic carbocycles. The smallest absolute Gasteiger partial charge is 0.306 e. The zero-order valence-electron chi connectivity index (χ0n) is 23.2. The predicted molar refractivity (Wildman–Crippen MR) is 151 cm³/mol. The van der Waals surface area contributed by atoms with E-state index in [9.17, 15) is 9.90 Å².